The number of rotatable bonds is 3. The summed E-state index contributed by atoms with van der Waals surface area (Å²) in [7, 11) is 0. The highest BCUT2D eigenvalue weighted by atomic mass is 16.5. The Hall–Kier alpha value is -1.61. The number of ether oxygens (including phenoxy) is 1. The maximum atomic E-state index is 11.8. The van der Waals surface area contributed by atoms with Gasteiger partial charge in [0.15, 0.2) is 0 Å². The van der Waals surface area contributed by atoms with Crippen LogP contribution in [0, 0.1) is 5.92 Å². The molecule has 0 radical (unpaired) electrons. The van der Waals surface area contributed by atoms with Crippen molar-refractivity contribution in [1.29, 1.82) is 0 Å². The van der Waals surface area contributed by atoms with E-state index in [0.29, 0.717) is 6.42 Å². The van der Waals surface area contributed by atoms with E-state index in [1.807, 2.05) is 49.4 Å². The third-order valence-corrected chi connectivity index (χ3v) is 2.98. The van der Waals surface area contributed by atoms with Crippen molar-refractivity contribution in [2.75, 3.05) is 0 Å². The van der Waals surface area contributed by atoms with Crippen molar-refractivity contribution in [1.82, 2.24) is 0 Å². The lowest BCUT2D eigenvalue weighted by atomic mass is 10.1. The fraction of sp³-hybridized carbons (Fsp3) is 0.357. The highest BCUT2D eigenvalue weighted by Crippen LogP contribution is 2.22. The fourth-order valence-electron chi connectivity index (χ4n) is 1.96. The molecule has 0 saturated carbocycles. The topological polar surface area (TPSA) is 52.3 Å². The molecule has 0 aliphatic heterocycles. The zero-order valence-electron chi connectivity index (χ0n) is 9.87. The second-order valence-electron chi connectivity index (χ2n) is 4.38. The van der Waals surface area contributed by atoms with Crippen molar-refractivity contribution < 1.29 is 9.53 Å². The van der Waals surface area contributed by atoms with Gasteiger partial charge in [-0.3, -0.25) is 4.79 Å². The van der Waals surface area contributed by atoms with E-state index >= 15 is 0 Å². The first-order valence-electron chi connectivity index (χ1n) is 5.86. The fourth-order valence-corrected chi connectivity index (χ4v) is 1.96. The molecule has 3 heteroatoms. The third kappa shape index (κ3) is 2.94. The minimum atomic E-state index is -0.214. The van der Waals surface area contributed by atoms with Crippen molar-refractivity contribution in [2.45, 2.75) is 25.5 Å². The van der Waals surface area contributed by atoms with Crippen LogP contribution in [0.2, 0.25) is 0 Å². The first-order chi connectivity index (χ1) is 8.16. The standard InChI is InChI=1S/C14H17NO2/c1-10(11-5-3-2-4-6-11)17-14(16)12-7-8-13(15)9-12/h2-8,10,12-13H,9,15H2,1H3. The zero-order valence-corrected chi connectivity index (χ0v) is 9.87. The largest absolute Gasteiger partial charge is 0.457 e. The van der Waals surface area contributed by atoms with Gasteiger partial charge >= 0.3 is 5.97 Å². The van der Waals surface area contributed by atoms with Crippen molar-refractivity contribution in [3.8, 4) is 0 Å². The predicted molar refractivity (Wildman–Crippen MR) is 66.2 cm³/mol. The van der Waals surface area contributed by atoms with Gasteiger partial charge < -0.3 is 10.5 Å². The summed E-state index contributed by atoms with van der Waals surface area (Å²) >= 11 is 0. The lowest BCUT2D eigenvalue weighted by molar-refractivity contribution is -0.151. The van der Waals surface area contributed by atoms with Crippen LogP contribution in [0.15, 0.2) is 42.5 Å². The second-order valence-corrected chi connectivity index (χ2v) is 4.38. The van der Waals surface area contributed by atoms with Gasteiger partial charge in [0, 0.05) is 6.04 Å². The van der Waals surface area contributed by atoms with Crippen LogP contribution in [-0.2, 0) is 9.53 Å². The lowest BCUT2D eigenvalue weighted by Gasteiger charge is -2.16. The Morgan fingerprint density at radius 1 is 1.35 bits per heavy atom. The Balaban J connectivity index is 1.93. The molecule has 3 unspecified atom stereocenters. The van der Waals surface area contributed by atoms with Gasteiger partial charge in [0.25, 0.3) is 0 Å². The van der Waals surface area contributed by atoms with Crippen molar-refractivity contribution >= 4 is 5.97 Å². The monoisotopic (exact) mass is 231 g/mol. The van der Waals surface area contributed by atoms with E-state index < -0.39 is 0 Å². The van der Waals surface area contributed by atoms with Crippen LogP contribution in [-0.4, -0.2) is 12.0 Å². The predicted octanol–water partition coefficient (Wildman–Crippen LogP) is 2.19. The second kappa shape index (κ2) is 5.15. The Bertz CT molecular complexity index is 413. The summed E-state index contributed by atoms with van der Waals surface area (Å²) in [4.78, 5) is 11.8. The normalized spacial score (nSPS) is 24.6. The molecule has 0 fully saturated rings. The molecule has 90 valence electrons. The zero-order chi connectivity index (χ0) is 12.3. The van der Waals surface area contributed by atoms with Gasteiger partial charge in [0.05, 0.1) is 5.92 Å². The molecule has 0 aromatic heterocycles. The van der Waals surface area contributed by atoms with Gasteiger partial charge in [-0.2, -0.15) is 0 Å². The first kappa shape index (κ1) is 11.9. The molecule has 3 nitrogen and oxygen atoms in total. The summed E-state index contributed by atoms with van der Waals surface area (Å²) in [5, 5.41) is 0. The van der Waals surface area contributed by atoms with Gasteiger partial charge in [0.1, 0.15) is 6.10 Å². The molecule has 1 aromatic carbocycles. The Labute approximate surface area is 101 Å². The van der Waals surface area contributed by atoms with Crippen LogP contribution in [0.25, 0.3) is 0 Å². The molecule has 0 spiro atoms. The van der Waals surface area contributed by atoms with Crippen LogP contribution < -0.4 is 5.73 Å². The van der Waals surface area contributed by atoms with Gasteiger partial charge in [0.2, 0.25) is 0 Å². The minimum Gasteiger partial charge on any atom is -0.457 e. The third-order valence-electron chi connectivity index (χ3n) is 2.98. The molecule has 1 aliphatic carbocycles. The van der Waals surface area contributed by atoms with Crippen LogP contribution >= 0.6 is 0 Å². The molecular formula is C14H17NO2. The van der Waals surface area contributed by atoms with Gasteiger partial charge in [-0.15, -0.1) is 0 Å². The summed E-state index contributed by atoms with van der Waals surface area (Å²) in [5.74, 6) is -0.373. The molecule has 3 atom stereocenters. The average molecular weight is 231 g/mol. The van der Waals surface area contributed by atoms with E-state index in [0.717, 1.165) is 5.56 Å². The Morgan fingerprint density at radius 2 is 2.06 bits per heavy atom. The highest BCUT2D eigenvalue weighted by molar-refractivity contribution is 5.75. The number of carbonyl (C=O) groups excluding carboxylic acids is 1. The maximum absolute atomic E-state index is 11.8. The molecular weight excluding hydrogens is 214 g/mol. The number of benzene rings is 1. The van der Waals surface area contributed by atoms with Gasteiger partial charge in [-0.05, 0) is 18.9 Å². The molecule has 1 aromatic rings. The summed E-state index contributed by atoms with van der Waals surface area (Å²) in [6.45, 7) is 1.88. The minimum absolute atomic E-state index is 0.0143. The smallest absolute Gasteiger partial charge is 0.313 e. The number of nitrogens with two attached hydrogens (primary N) is 1. The highest BCUT2D eigenvalue weighted by Gasteiger charge is 2.25. The summed E-state index contributed by atoms with van der Waals surface area (Å²) in [5.41, 5.74) is 6.72. The SMILES string of the molecule is CC(OC(=O)C1C=CC(N)C1)c1ccccc1. The molecule has 0 amide bonds. The van der Waals surface area contributed by atoms with E-state index in [1.54, 1.807) is 0 Å². The molecule has 2 rings (SSSR count). The quantitative estimate of drug-likeness (QED) is 0.641. The van der Waals surface area contributed by atoms with E-state index in [2.05, 4.69) is 0 Å². The van der Waals surface area contributed by atoms with E-state index in [4.69, 9.17) is 10.5 Å². The van der Waals surface area contributed by atoms with Crippen molar-refractivity contribution in [3.05, 3.63) is 48.0 Å². The van der Waals surface area contributed by atoms with E-state index in [1.165, 1.54) is 0 Å². The molecule has 0 bridgehead atoms. The molecule has 0 saturated heterocycles. The summed E-state index contributed by atoms with van der Waals surface area (Å²) in [6.07, 6.45) is 4.14. The van der Waals surface area contributed by atoms with Crippen LogP contribution in [0.4, 0.5) is 0 Å². The van der Waals surface area contributed by atoms with E-state index in [9.17, 15) is 4.79 Å². The number of esters is 1. The van der Waals surface area contributed by atoms with Crippen LogP contribution in [0.3, 0.4) is 0 Å². The molecule has 17 heavy (non-hydrogen) atoms. The average Bonchev–Trinajstić information content (AvgIpc) is 2.77. The van der Waals surface area contributed by atoms with Gasteiger partial charge in [-0.1, -0.05) is 42.5 Å². The number of hydrogen-bond acceptors (Lipinski definition) is 3. The molecule has 2 N–H and O–H groups in total. The number of carbonyl (C=O) groups is 1. The molecule has 1 aliphatic rings. The molecule has 0 heterocycles. The summed E-state index contributed by atoms with van der Waals surface area (Å²) in [6, 6.07) is 9.70. The summed E-state index contributed by atoms with van der Waals surface area (Å²) < 4.78 is 5.42. The lowest BCUT2D eigenvalue weighted by Crippen LogP contribution is -2.21. The number of hydrogen-bond donors (Lipinski definition) is 1. The first-order valence-corrected chi connectivity index (χ1v) is 5.86. The van der Waals surface area contributed by atoms with Crippen LogP contribution in [0.1, 0.15) is 25.0 Å². The Kier molecular flexibility index (Phi) is 3.59. The van der Waals surface area contributed by atoms with Crippen molar-refractivity contribution in [2.24, 2.45) is 11.7 Å². The Morgan fingerprint density at radius 3 is 2.65 bits per heavy atom. The van der Waals surface area contributed by atoms with E-state index in [-0.39, 0.29) is 24.0 Å². The van der Waals surface area contributed by atoms with Crippen molar-refractivity contribution in [3.63, 3.8) is 0 Å². The van der Waals surface area contributed by atoms with Crippen LogP contribution in [0.5, 0.6) is 0 Å². The van der Waals surface area contributed by atoms with Gasteiger partial charge in [-0.25, -0.2) is 0 Å². The maximum Gasteiger partial charge on any atom is 0.313 e.